The van der Waals surface area contributed by atoms with Crippen LogP contribution in [0.5, 0.6) is 0 Å². The van der Waals surface area contributed by atoms with Crippen LogP contribution in [0.15, 0.2) is 53.4 Å². The van der Waals surface area contributed by atoms with E-state index in [-0.39, 0.29) is 0 Å². The van der Waals surface area contributed by atoms with E-state index in [1.807, 2.05) is 20.2 Å². The van der Waals surface area contributed by atoms with Crippen molar-refractivity contribution in [3.05, 3.63) is 48.5 Å². The average molecular weight is 257 g/mol. The van der Waals surface area contributed by atoms with Crippen LogP contribution in [0.25, 0.3) is 0 Å². The van der Waals surface area contributed by atoms with Gasteiger partial charge in [-0.3, -0.25) is 5.43 Å². The Morgan fingerprint density at radius 2 is 1.72 bits per heavy atom. The summed E-state index contributed by atoms with van der Waals surface area (Å²) in [5, 5.41) is 0. The van der Waals surface area contributed by atoms with Gasteiger partial charge in [-0.1, -0.05) is 12.1 Å². The predicted octanol–water partition coefficient (Wildman–Crippen LogP) is 3.61. The normalized spacial score (nSPS) is 13.1. The summed E-state index contributed by atoms with van der Waals surface area (Å²) in [5.74, 6) is 0. The first kappa shape index (κ1) is 11.3. The summed E-state index contributed by atoms with van der Waals surface area (Å²) in [7, 11) is 4.10. The van der Waals surface area contributed by atoms with Gasteiger partial charge in [-0.05, 0) is 36.4 Å². The fourth-order valence-electron chi connectivity index (χ4n) is 1.87. The standard InChI is InChI=1S/C14H15N3S/c1-16(2)11-7-9-12(10-8-11)17-15-13-5-3-4-6-14(13)18-17/h3-10,15H,1-2H3. The van der Waals surface area contributed by atoms with Crippen molar-refractivity contribution in [1.82, 2.24) is 0 Å². The van der Waals surface area contributed by atoms with Gasteiger partial charge in [-0.25, -0.2) is 4.41 Å². The molecular formula is C14H15N3S. The van der Waals surface area contributed by atoms with Gasteiger partial charge in [0.15, 0.2) is 0 Å². The average Bonchev–Trinajstić information content (AvgIpc) is 2.82. The van der Waals surface area contributed by atoms with Crippen LogP contribution in [0.3, 0.4) is 0 Å². The molecule has 92 valence electrons. The molecule has 3 rings (SSSR count). The molecule has 3 nitrogen and oxygen atoms in total. The second-order valence-electron chi connectivity index (χ2n) is 4.40. The van der Waals surface area contributed by atoms with Gasteiger partial charge in [-0.2, -0.15) is 0 Å². The Morgan fingerprint density at radius 1 is 1.00 bits per heavy atom. The summed E-state index contributed by atoms with van der Waals surface area (Å²) in [5.41, 5.74) is 6.91. The largest absolute Gasteiger partial charge is 0.378 e. The van der Waals surface area contributed by atoms with Crippen LogP contribution in [0.2, 0.25) is 0 Å². The molecule has 2 aromatic rings. The first-order valence-electron chi connectivity index (χ1n) is 5.85. The van der Waals surface area contributed by atoms with Crippen LogP contribution in [0.1, 0.15) is 0 Å². The maximum absolute atomic E-state index is 3.38. The van der Waals surface area contributed by atoms with E-state index in [9.17, 15) is 0 Å². The van der Waals surface area contributed by atoms with Crippen molar-refractivity contribution in [3.8, 4) is 0 Å². The van der Waals surface area contributed by atoms with Gasteiger partial charge in [0.25, 0.3) is 0 Å². The highest BCUT2D eigenvalue weighted by molar-refractivity contribution is 8.01. The Balaban J connectivity index is 1.82. The summed E-state index contributed by atoms with van der Waals surface area (Å²) in [4.78, 5) is 3.36. The van der Waals surface area contributed by atoms with E-state index in [2.05, 4.69) is 57.2 Å². The Hall–Kier alpha value is -1.81. The van der Waals surface area contributed by atoms with Crippen LogP contribution in [0.4, 0.5) is 17.1 Å². The third kappa shape index (κ3) is 1.99. The quantitative estimate of drug-likeness (QED) is 0.828. The van der Waals surface area contributed by atoms with Crippen molar-refractivity contribution in [1.29, 1.82) is 0 Å². The molecule has 1 aliphatic rings. The molecule has 0 spiro atoms. The summed E-state index contributed by atoms with van der Waals surface area (Å²) >= 11 is 1.71. The van der Waals surface area contributed by atoms with Crippen molar-refractivity contribution in [2.24, 2.45) is 0 Å². The molecule has 0 atom stereocenters. The minimum Gasteiger partial charge on any atom is -0.378 e. The zero-order valence-corrected chi connectivity index (χ0v) is 11.2. The fraction of sp³-hybridized carbons (Fsp3) is 0.143. The van der Waals surface area contributed by atoms with Gasteiger partial charge in [0.05, 0.1) is 16.3 Å². The van der Waals surface area contributed by atoms with E-state index in [4.69, 9.17) is 0 Å². The van der Waals surface area contributed by atoms with Crippen molar-refractivity contribution in [3.63, 3.8) is 0 Å². The minimum absolute atomic E-state index is 1.15. The lowest BCUT2D eigenvalue weighted by molar-refractivity contribution is 1.13. The van der Waals surface area contributed by atoms with E-state index in [0.717, 1.165) is 5.69 Å². The SMILES string of the molecule is CN(C)c1ccc(N2Nc3ccccc3S2)cc1. The van der Waals surface area contributed by atoms with Crippen LogP contribution in [-0.2, 0) is 0 Å². The minimum atomic E-state index is 1.15. The molecule has 0 radical (unpaired) electrons. The van der Waals surface area contributed by atoms with E-state index < -0.39 is 0 Å². The molecule has 1 heterocycles. The topological polar surface area (TPSA) is 18.5 Å². The number of hydrogen-bond donors (Lipinski definition) is 1. The highest BCUT2D eigenvalue weighted by Gasteiger charge is 2.19. The zero-order chi connectivity index (χ0) is 12.5. The summed E-state index contributed by atoms with van der Waals surface area (Å²) in [6.45, 7) is 0. The highest BCUT2D eigenvalue weighted by atomic mass is 32.2. The number of para-hydroxylation sites is 1. The van der Waals surface area contributed by atoms with Gasteiger partial charge in [0.2, 0.25) is 0 Å². The van der Waals surface area contributed by atoms with Crippen LogP contribution in [-0.4, -0.2) is 14.1 Å². The van der Waals surface area contributed by atoms with E-state index in [1.165, 1.54) is 16.3 Å². The number of hydrazine groups is 1. The molecule has 4 heteroatoms. The Kier molecular flexibility index (Phi) is 2.80. The molecule has 0 saturated carbocycles. The lowest BCUT2D eigenvalue weighted by Gasteiger charge is -2.18. The van der Waals surface area contributed by atoms with Gasteiger partial charge < -0.3 is 4.90 Å². The summed E-state index contributed by atoms with van der Waals surface area (Å²) in [6.07, 6.45) is 0. The molecule has 0 saturated heterocycles. The Bertz CT molecular complexity index is 526. The molecule has 0 unspecified atom stereocenters. The molecule has 0 aromatic heterocycles. The first-order valence-corrected chi connectivity index (χ1v) is 6.62. The van der Waals surface area contributed by atoms with E-state index in [0.29, 0.717) is 0 Å². The fourth-order valence-corrected chi connectivity index (χ4v) is 2.79. The van der Waals surface area contributed by atoms with Gasteiger partial charge in [0, 0.05) is 31.7 Å². The second kappa shape index (κ2) is 4.46. The third-order valence-corrected chi connectivity index (χ3v) is 3.94. The number of benzene rings is 2. The monoisotopic (exact) mass is 257 g/mol. The predicted molar refractivity (Wildman–Crippen MR) is 79.2 cm³/mol. The molecular weight excluding hydrogens is 242 g/mol. The van der Waals surface area contributed by atoms with Crippen molar-refractivity contribution in [2.75, 3.05) is 28.8 Å². The second-order valence-corrected chi connectivity index (χ2v) is 5.39. The smallest absolute Gasteiger partial charge is 0.0706 e. The number of nitrogens with one attached hydrogen (secondary N) is 1. The van der Waals surface area contributed by atoms with Crippen LogP contribution < -0.4 is 14.7 Å². The lowest BCUT2D eigenvalue weighted by Crippen LogP contribution is -2.16. The summed E-state index contributed by atoms with van der Waals surface area (Å²) < 4.78 is 2.09. The number of rotatable bonds is 2. The van der Waals surface area contributed by atoms with Crippen molar-refractivity contribution >= 4 is 29.0 Å². The van der Waals surface area contributed by atoms with Crippen LogP contribution >= 0.6 is 11.9 Å². The summed E-state index contributed by atoms with van der Waals surface area (Å²) in [6, 6.07) is 16.8. The maximum Gasteiger partial charge on any atom is 0.0706 e. The molecule has 1 aliphatic heterocycles. The molecule has 0 bridgehead atoms. The molecule has 0 aliphatic carbocycles. The number of anilines is 3. The maximum atomic E-state index is 3.38. The number of nitrogens with zero attached hydrogens (tertiary/aromatic N) is 2. The Labute approximate surface area is 112 Å². The third-order valence-electron chi connectivity index (χ3n) is 2.90. The lowest BCUT2D eigenvalue weighted by atomic mass is 10.3. The van der Waals surface area contributed by atoms with E-state index >= 15 is 0 Å². The molecule has 0 fully saturated rings. The van der Waals surface area contributed by atoms with Gasteiger partial charge in [-0.15, -0.1) is 0 Å². The number of fused-ring (bicyclic) bond motifs is 1. The molecule has 18 heavy (non-hydrogen) atoms. The van der Waals surface area contributed by atoms with Crippen molar-refractivity contribution < 1.29 is 0 Å². The number of hydrogen-bond acceptors (Lipinski definition) is 4. The van der Waals surface area contributed by atoms with Gasteiger partial charge >= 0.3 is 0 Å². The van der Waals surface area contributed by atoms with Crippen LogP contribution in [0, 0.1) is 0 Å². The molecule has 2 aromatic carbocycles. The highest BCUT2D eigenvalue weighted by Crippen LogP contribution is 2.40. The van der Waals surface area contributed by atoms with E-state index in [1.54, 1.807) is 11.9 Å². The first-order chi connectivity index (χ1) is 8.74. The zero-order valence-electron chi connectivity index (χ0n) is 10.4. The molecule has 1 N–H and O–H groups in total. The Morgan fingerprint density at radius 3 is 2.39 bits per heavy atom. The van der Waals surface area contributed by atoms with Gasteiger partial charge in [0.1, 0.15) is 0 Å². The molecule has 0 amide bonds. The van der Waals surface area contributed by atoms with Crippen molar-refractivity contribution in [2.45, 2.75) is 4.90 Å².